The monoisotopic (exact) mass is 576 g/mol. The fourth-order valence-corrected chi connectivity index (χ4v) is 6.95. The van der Waals surface area contributed by atoms with Gasteiger partial charge in [0.2, 0.25) is 0 Å². The van der Waals surface area contributed by atoms with E-state index in [0.717, 1.165) is 0 Å². The Morgan fingerprint density at radius 3 is 1.84 bits per heavy atom. The van der Waals surface area contributed by atoms with E-state index in [2.05, 4.69) is 156 Å². The van der Waals surface area contributed by atoms with Gasteiger partial charge in [-0.05, 0) is 114 Å². The third kappa shape index (κ3) is 4.95. The standard InChI is InChI=1S/C43H32N2/c1-29-14-15-34(32-20-24-45-25-21-32)27-40(29)43-38-13-6-5-12-37(38)42(36-11-7-10-33(26-36)31-18-22-44-23-19-31)39-17-16-35(28-41(39)43)30-8-3-2-4-9-30/h2-29,40H,1H3/t29-,40?/m0/s1. The van der Waals surface area contributed by atoms with Gasteiger partial charge in [0.05, 0.1) is 0 Å². The summed E-state index contributed by atoms with van der Waals surface area (Å²) in [6.07, 6.45) is 14.6. The van der Waals surface area contributed by atoms with Crippen molar-refractivity contribution in [1.29, 1.82) is 0 Å². The molecule has 45 heavy (non-hydrogen) atoms. The first kappa shape index (κ1) is 27.0. The van der Waals surface area contributed by atoms with Crippen LogP contribution in [0.1, 0.15) is 24.0 Å². The Kier molecular flexibility index (Phi) is 6.88. The summed E-state index contributed by atoms with van der Waals surface area (Å²) in [5, 5.41) is 5.16. The van der Waals surface area contributed by atoms with Gasteiger partial charge in [-0.15, -0.1) is 0 Å². The van der Waals surface area contributed by atoms with E-state index in [-0.39, 0.29) is 5.92 Å². The molecule has 8 rings (SSSR count). The van der Waals surface area contributed by atoms with Gasteiger partial charge in [-0.3, -0.25) is 9.97 Å². The molecular formula is C43H32N2. The molecule has 1 aliphatic rings. The fourth-order valence-electron chi connectivity index (χ4n) is 6.95. The van der Waals surface area contributed by atoms with E-state index >= 15 is 0 Å². The van der Waals surface area contributed by atoms with Gasteiger partial charge in [0.15, 0.2) is 0 Å². The van der Waals surface area contributed by atoms with Crippen molar-refractivity contribution < 1.29 is 0 Å². The molecule has 2 atom stereocenters. The normalized spacial score (nSPS) is 16.2. The molecule has 7 aromatic rings. The molecule has 2 heteroatoms. The molecule has 0 aliphatic heterocycles. The Hall–Kier alpha value is -5.60. The molecule has 0 radical (unpaired) electrons. The highest BCUT2D eigenvalue weighted by Crippen LogP contribution is 2.47. The largest absolute Gasteiger partial charge is 0.265 e. The summed E-state index contributed by atoms with van der Waals surface area (Å²) < 4.78 is 0. The zero-order valence-corrected chi connectivity index (χ0v) is 25.1. The highest BCUT2D eigenvalue weighted by Gasteiger charge is 2.26. The van der Waals surface area contributed by atoms with Crippen molar-refractivity contribution in [3.8, 4) is 33.4 Å². The first-order chi connectivity index (χ1) is 22.2. The third-order valence-electron chi connectivity index (χ3n) is 9.19. The van der Waals surface area contributed by atoms with Crippen LogP contribution in [-0.4, -0.2) is 9.97 Å². The minimum atomic E-state index is 0.203. The number of benzene rings is 5. The van der Waals surface area contributed by atoms with Crippen LogP contribution in [0, 0.1) is 5.92 Å². The van der Waals surface area contributed by atoms with Crippen LogP contribution in [0.4, 0.5) is 0 Å². The topological polar surface area (TPSA) is 25.8 Å². The van der Waals surface area contributed by atoms with Crippen LogP contribution in [0.5, 0.6) is 0 Å². The highest BCUT2D eigenvalue weighted by atomic mass is 14.6. The van der Waals surface area contributed by atoms with Crippen LogP contribution in [0.3, 0.4) is 0 Å². The molecule has 1 aliphatic carbocycles. The second-order valence-electron chi connectivity index (χ2n) is 11.9. The summed E-state index contributed by atoms with van der Waals surface area (Å²) in [6, 6.07) is 44.1. The number of hydrogen-bond acceptors (Lipinski definition) is 2. The SMILES string of the molecule is C[C@H]1C=CC(c2ccncc2)=CC1c1c2ccccc2c(-c2cccc(-c3ccncc3)c2)c2ccc(-c3ccccc3)cc12. The second-order valence-corrected chi connectivity index (χ2v) is 11.9. The van der Waals surface area contributed by atoms with E-state index < -0.39 is 0 Å². The number of nitrogens with zero attached hydrogens (tertiary/aromatic N) is 2. The number of fused-ring (bicyclic) bond motifs is 2. The van der Waals surface area contributed by atoms with Crippen LogP contribution in [-0.2, 0) is 0 Å². The molecule has 2 heterocycles. The quantitative estimate of drug-likeness (QED) is 0.191. The maximum atomic E-state index is 4.26. The van der Waals surface area contributed by atoms with Crippen LogP contribution in [0.15, 0.2) is 164 Å². The molecule has 214 valence electrons. The number of aromatic nitrogens is 2. The maximum Gasteiger partial charge on any atom is 0.0273 e. The Bertz CT molecular complexity index is 2210. The molecule has 0 fully saturated rings. The van der Waals surface area contributed by atoms with Crippen molar-refractivity contribution in [2.75, 3.05) is 0 Å². The first-order valence-corrected chi connectivity index (χ1v) is 15.6. The minimum absolute atomic E-state index is 0.203. The van der Waals surface area contributed by atoms with Crippen molar-refractivity contribution in [2.24, 2.45) is 5.92 Å². The van der Waals surface area contributed by atoms with Gasteiger partial charge in [0, 0.05) is 30.7 Å². The van der Waals surface area contributed by atoms with Crippen LogP contribution < -0.4 is 0 Å². The van der Waals surface area contributed by atoms with Crippen molar-refractivity contribution in [2.45, 2.75) is 12.8 Å². The predicted octanol–water partition coefficient (Wildman–Crippen LogP) is 11.2. The highest BCUT2D eigenvalue weighted by molar-refractivity contribution is 6.16. The van der Waals surface area contributed by atoms with Crippen LogP contribution in [0.2, 0.25) is 0 Å². The van der Waals surface area contributed by atoms with Crippen LogP contribution in [0.25, 0.3) is 60.5 Å². The van der Waals surface area contributed by atoms with E-state index in [1.807, 2.05) is 24.8 Å². The molecular weight excluding hydrogens is 544 g/mol. The molecule has 0 amide bonds. The number of allylic oxidation sites excluding steroid dienone is 4. The lowest BCUT2D eigenvalue weighted by Crippen LogP contribution is -2.11. The lowest BCUT2D eigenvalue weighted by molar-refractivity contribution is 0.645. The predicted molar refractivity (Wildman–Crippen MR) is 189 cm³/mol. The number of rotatable bonds is 5. The van der Waals surface area contributed by atoms with Gasteiger partial charge in [-0.2, -0.15) is 0 Å². The smallest absolute Gasteiger partial charge is 0.0273 e. The van der Waals surface area contributed by atoms with Crippen molar-refractivity contribution in [3.63, 3.8) is 0 Å². The lowest BCUT2D eigenvalue weighted by Gasteiger charge is -2.28. The second kappa shape index (κ2) is 11.5. The maximum absolute atomic E-state index is 4.26. The van der Waals surface area contributed by atoms with E-state index in [1.54, 1.807) is 0 Å². The summed E-state index contributed by atoms with van der Waals surface area (Å²) in [6.45, 7) is 2.34. The van der Waals surface area contributed by atoms with Gasteiger partial charge >= 0.3 is 0 Å². The number of hydrogen-bond donors (Lipinski definition) is 0. The van der Waals surface area contributed by atoms with E-state index in [0.29, 0.717) is 5.92 Å². The molecule has 0 N–H and O–H groups in total. The zero-order chi connectivity index (χ0) is 30.2. The number of pyridine rings is 2. The molecule has 0 saturated heterocycles. The zero-order valence-electron chi connectivity index (χ0n) is 25.1. The lowest BCUT2D eigenvalue weighted by atomic mass is 9.75. The van der Waals surface area contributed by atoms with E-state index in [9.17, 15) is 0 Å². The Morgan fingerprint density at radius 1 is 0.467 bits per heavy atom. The molecule has 0 bridgehead atoms. The average molecular weight is 577 g/mol. The summed E-state index contributed by atoms with van der Waals surface area (Å²) in [4.78, 5) is 8.50. The van der Waals surface area contributed by atoms with Crippen molar-refractivity contribution in [1.82, 2.24) is 9.97 Å². The summed E-state index contributed by atoms with van der Waals surface area (Å²) in [5.41, 5.74) is 11.1. The van der Waals surface area contributed by atoms with Gasteiger partial charge < -0.3 is 0 Å². The summed E-state index contributed by atoms with van der Waals surface area (Å²) in [7, 11) is 0. The third-order valence-corrected chi connectivity index (χ3v) is 9.19. The van der Waals surface area contributed by atoms with E-state index in [4.69, 9.17) is 0 Å². The Morgan fingerprint density at radius 2 is 1.07 bits per heavy atom. The molecule has 5 aromatic carbocycles. The molecule has 2 nitrogen and oxygen atoms in total. The van der Waals surface area contributed by atoms with Crippen LogP contribution >= 0.6 is 0 Å². The molecule has 2 aromatic heterocycles. The fraction of sp³-hybridized carbons (Fsp3) is 0.0698. The van der Waals surface area contributed by atoms with Gasteiger partial charge in [0.25, 0.3) is 0 Å². The van der Waals surface area contributed by atoms with Crippen molar-refractivity contribution in [3.05, 3.63) is 175 Å². The Balaban J connectivity index is 1.43. The molecule has 1 unspecified atom stereocenters. The van der Waals surface area contributed by atoms with Gasteiger partial charge in [-0.25, -0.2) is 0 Å². The van der Waals surface area contributed by atoms with Gasteiger partial charge in [0.1, 0.15) is 0 Å². The van der Waals surface area contributed by atoms with E-state index in [1.165, 1.54) is 71.6 Å². The molecule has 0 saturated carbocycles. The summed E-state index contributed by atoms with van der Waals surface area (Å²) in [5.74, 6) is 0.539. The Labute approximate surface area is 264 Å². The summed E-state index contributed by atoms with van der Waals surface area (Å²) >= 11 is 0. The van der Waals surface area contributed by atoms with Gasteiger partial charge in [-0.1, -0.05) is 110 Å². The minimum Gasteiger partial charge on any atom is -0.265 e. The van der Waals surface area contributed by atoms with Crippen molar-refractivity contribution >= 4 is 27.1 Å². The first-order valence-electron chi connectivity index (χ1n) is 15.6. The average Bonchev–Trinajstić information content (AvgIpc) is 3.12. The molecule has 0 spiro atoms.